The lowest BCUT2D eigenvalue weighted by Crippen LogP contribution is -2.55. The lowest BCUT2D eigenvalue weighted by molar-refractivity contribution is -0.227. The third-order valence-electron chi connectivity index (χ3n) is 5.04. The third-order valence-corrected chi connectivity index (χ3v) is 5.04. The molecule has 0 spiro atoms. The molecule has 3 atom stereocenters. The molecule has 2 N–H and O–H groups in total. The third kappa shape index (κ3) is 5.24. The van der Waals surface area contributed by atoms with Crippen molar-refractivity contribution in [1.29, 1.82) is 0 Å². The second-order valence-corrected chi connectivity index (χ2v) is 7.45. The molecule has 3 rings (SSSR count). The van der Waals surface area contributed by atoms with Gasteiger partial charge in [0.2, 0.25) is 12.0 Å². The van der Waals surface area contributed by atoms with Gasteiger partial charge in [0, 0.05) is 12.0 Å². The van der Waals surface area contributed by atoms with Crippen molar-refractivity contribution < 1.29 is 36.2 Å². The lowest BCUT2D eigenvalue weighted by Gasteiger charge is -2.39. The van der Waals surface area contributed by atoms with E-state index in [2.05, 4.69) is 31.5 Å². The number of hydrogen-bond acceptors (Lipinski definition) is 7. The fraction of sp³-hybridized carbons (Fsp3) is 0.364. The molecule has 0 amide bonds. The number of nitrogens with zero attached hydrogens (tertiary/aromatic N) is 3. The molecule has 0 unspecified atom stereocenters. The second kappa shape index (κ2) is 9.62. The van der Waals surface area contributed by atoms with Crippen molar-refractivity contribution in [3.63, 3.8) is 0 Å². The highest BCUT2D eigenvalue weighted by Gasteiger charge is 2.58. The second-order valence-electron chi connectivity index (χ2n) is 7.45. The molecule has 2 heterocycles. The molecule has 1 aromatic carbocycles. The van der Waals surface area contributed by atoms with Gasteiger partial charge >= 0.3 is 6.18 Å². The summed E-state index contributed by atoms with van der Waals surface area (Å²) in [5, 5.41) is 0. The molecule has 0 saturated carbocycles. The molecule has 0 aliphatic carbocycles. The molecule has 0 fully saturated rings. The first-order chi connectivity index (χ1) is 16.0. The Labute approximate surface area is 191 Å². The minimum absolute atomic E-state index is 0.0279. The molecule has 12 heteroatoms. The highest BCUT2D eigenvalue weighted by Crippen LogP contribution is 2.43. The summed E-state index contributed by atoms with van der Waals surface area (Å²) in [7, 11) is 0. The molecule has 1 aliphatic rings. The van der Waals surface area contributed by atoms with E-state index in [1.54, 1.807) is 6.92 Å². The van der Waals surface area contributed by atoms with Crippen molar-refractivity contribution in [2.45, 2.75) is 44.3 Å². The van der Waals surface area contributed by atoms with Gasteiger partial charge in [0.25, 0.3) is 6.02 Å². The highest BCUT2D eigenvalue weighted by atomic mass is 19.4. The zero-order chi connectivity index (χ0) is 25.1. The van der Waals surface area contributed by atoms with Crippen molar-refractivity contribution in [2.24, 2.45) is 10.7 Å². The van der Waals surface area contributed by atoms with Crippen LogP contribution in [0, 0.1) is 17.7 Å². The zero-order valence-electron chi connectivity index (χ0n) is 18.0. The summed E-state index contributed by atoms with van der Waals surface area (Å²) in [4.78, 5) is 24.1. The molecular formula is C22H19F5N4O3. The summed E-state index contributed by atoms with van der Waals surface area (Å²) in [5.41, 5.74) is 2.67. The number of hydrogen-bond donors (Lipinski definition) is 1. The van der Waals surface area contributed by atoms with Crippen LogP contribution < -0.4 is 10.5 Å². The molecular weight excluding hydrogens is 463 g/mol. The number of nitrogens with two attached hydrogens (primary N) is 1. The Hall–Kier alpha value is -3.75. The number of Topliss-reactive ketones (excluding diaryl/α,β-unsaturated/α-hetero) is 1. The number of carbonyl (C=O) groups excluding carboxylic acids is 1. The highest BCUT2D eigenvalue weighted by molar-refractivity contribution is 5.95. The fourth-order valence-corrected chi connectivity index (χ4v) is 3.31. The van der Waals surface area contributed by atoms with Crippen LogP contribution in [0.3, 0.4) is 0 Å². The van der Waals surface area contributed by atoms with E-state index in [0.29, 0.717) is 0 Å². The Balaban J connectivity index is 1.85. The van der Waals surface area contributed by atoms with Crippen LogP contribution in [0.1, 0.15) is 35.5 Å². The fourth-order valence-electron chi connectivity index (χ4n) is 3.31. The van der Waals surface area contributed by atoms with E-state index in [-0.39, 0.29) is 30.2 Å². The number of ether oxygens (including phenoxy) is 2. The number of aliphatic imine (C=N–C) groups is 1. The number of halogens is 5. The van der Waals surface area contributed by atoms with Gasteiger partial charge in [0.15, 0.2) is 18.6 Å². The number of amidine groups is 1. The van der Waals surface area contributed by atoms with Crippen molar-refractivity contribution >= 4 is 11.8 Å². The van der Waals surface area contributed by atoms with E-state index in [4.69, 9.17) is 10.5 Å². The number of aromatic nitrogens is 2. The number of rotatable bonds is 6. The van der Waals surface area contributed by atoms with E-state index < -0.39 is 47.2 Å². The van der Waals surface area contributed by atoms with Gasteiger partial charge in [-0.15, -0.1) is 5.92 Å². The number of ketones is 1. The standard InChI is InChI=1S/C22H19F5N4O3/c1-3-4-7-33-17-11-29-15(10-30-17)16(32)9-12-5-6-14(23)13(8-12)21(2)18(24)19(22(25,26)27)34-20(28)31-21/h5-6,8,10-11,18-19H,7,9H2,1-2H3,(H2,28,31)/t18-,19-,21+/m0/s1. The van der Waals surface area contributed by atoms with Crippen LogP contribution in [0.2, 0.25) is 0 Å². The molecule has 1 aliphatic heterocycles. The predicted molar refractivity (Wildman–Crippen MR) is 110 cm³/mol. The van der Waals surface area contributed by atoms with Crippen LogP contribution in [0.4, 0.5) is 22.0 Å². The minimum Gasteiger partial charge on any atom is -0.463 e. The van der Waals surface area contributed by atoms with Crippen molar-refractivity contribution in [2.75, 3.05) is 6.61 Å². The first kappa shape index (κ1) is 24.9. The topological polar surface area (TPSA) is 99.7 Å². The molecule has 180 valence electrons. The Morgan fingerprint density at radius 1 is 1.29 bits per heavy atom. The Bertz CT molecular complexity index is 1160. The Morgan fingerprint density at radius 3 is 2.65 bits per heavy atom. The summed E-state index contributed by atoms with van der Waals surface area (Å²) in [6.07, 6.45) is -8.74. The maximum absolute atomic E-state index is 15.0. The first-order valence-corrected chi connectivity index (χ1v) is 9.85. The number of carbonyl (C=O) groups is 1. The Kier molecular flexibility index (Phi) is 7.04. The maximum atomic E-state index is 15.0. The summed E-state index contributed by atoms with van der Waals surface area (Å²) in [6, 6.07) is 2.30. The number of benzene rings is 1. The van der Waals surface area contributed by atoms with Crippen LogP contribution in [-0.2, 0) is 16.7 Å². The van der Waals surface area contributed by atoms with Gasteiger partial charge in [0.05, 0.1) is 12.4 Å². The average molecular weight is 482 g/mol. The molecule has 1 aromatic heterocycles. The SMILES string of the molecule is CC#CCOc1cnc(C(=O)Cc2ccc(F)c([C@@]3(C)N=C(N)O[C@H](C(F)(F)F)[C@@H]3F)c2)cn1. The summed E-state index contributed by atoms with van der Waals surface area (Å²) < 4.78 is 78.8. The lowest BCUT2D eigenvalue weighted by atomic mass is 9.82. The van der Waals surface area contributed by atoms with Crippen molar-refractivity contribution in [3.8, 4) is 17.7 Å². The maximum Gasteiger partial charge on any atom is 0.428 e. The molecule has 0 bridgehead atoms. The van der Waals surface area contributed by atoms with Crippen LogP contribution in [0.5, 0.6) is 5.88 Å². The largest absolute Gasteiger partial charge is 0.463 e. The van der Waals surface area contributed by atoms with Gasteiger partial charge in [-0.05, 0) is 31.5 Å². The number of alkyl halides is 4. The van der Waals surface area contributed by atoms with Gasteiger partial charge in [-0.3, -0.25) is 4.79 Å². The average Bonchev–Trinajstić information content (AvgIpc) is 2.77. The van der Waals surface area contributed by atoms with E-state index in [9.17, 15) is 26.7 Å². The van der Waals surface area contributed by atoms with Gasteiger partial charge in [-0.25, -0.2) is 23.7 Å². The van der Waals surface area contributed by atoms with Gasteiger partial charge in [0.1, 0.15) is 17.1 Å². The van der Waals surface area contributed by atoms with Crippen molar-refractivity contribution in [1.82, 2.24) is 9.97 Å². The monoisotopic (exact) mass is 482 g/mol. The molecule has 0 saturated heterocycles. The minimum atomic E-state index is -5.11. The molecule has 7 nitrogen and oxygen atoms in total. The molecule has 2 aromatic rings. The predicted octanol–water partition coefficient (Wildman–Crippen LogP) is 3.27. The van der Waals surface area contributed by atoms with Crippen LogP contribution in [0.25, 0.3) is 0 Å². The first-order valence-electron chi connectivity index (χ1n) is 9.85. The van der Waals surface area contributed by atoms with E-state index in [1.807, 2.05) is 0 Å². The molecule has 0 radical (unpaired) electrons. The van der Waals surface area contributed by atoms with Crippen LogP contribution >= 0.6 is 0 Å². The van der Waals surface area contributed by atoms with Gasteiger partial charge in [-0.2, -0.15) is 13.2 Å². The zero-order valence-corrected chi connectivity index (χ0v) is 18.0. The summed E-state index contributed by atoms with van der Waals surface area (Å²) in [6.45, 7) is 2.71. The van der Waals surface area contributed by atoms with E-state index in [1.165, 1.54) is 18.5 Å². The van der Waals surface area contributed by atoms with Gasteiger partial charge < -0.3 is 15.2 Å². The summed E-state index contributed by atoms with van der Waals surface area (Å²) >= 11 is 0. The van der Waals surface area contributed by atoms with Crippen LogP contribution in [-0.4, -0.2) is 46.8 Å². The van der Waals surface area contributed by atoms with E-state index in [0.717, 1.165) is 19.1 Å². The summed E-state index contributed by atoms with van der Waals surface area (Å²) in [5.74, 6) is 3.93. The van der Waals surface area contributed by atoms with Gasteiger partial charge in [-0.1, -0.05) is 12.0 Å². The van der Waals surface area contributed by atoms with Crippen molar-refractivity contribution in [3.05, 3.63) is 53.2 Å². The normalized spacial score (nSPS) is 22.1. The quantitative estimate of drug-likeness (QED) is 0.386. The molecule has 34 heavy (non-hydrogen) atoms. The Morgan fingerprint density at radius 2 is 2.03 bits per heavy atom. The van der Waals surface area contributed by atoms with Crippen LogP contribution in [0.15, 0.2) is 35.6 Å². The smallest absolute Gasteiger partial charge is 0.428 e. The van der Waals surface area contributed by atoms with E-state index >= 15 is 0 Å².